The average molecular weight is 513 g/mol. The molecule has 182 valence electrons. The van der Waals surface area contributed by atoms with Crippen molar-refractivity contribution in [3.63, 3.8) is 0 Å². The molecule has 3 aromatic rings. The highest BCUT2D eigenvalue weighted by Gasteiger charge is 2.32. The molecule has 0 saturated carbocycles. The number of fused-ring (bicyclic) bond motifs is 1. The van der Waals surface area contributed by atoms with Gasteiger partial charge >= 0.3 is 5.51 Å². The minimum absolute atomic E-state index is 0.0425. The summed E-state index contributed by atoms with van der Waals surface area (Å²) in [5, 5.41) is 0.538. The van der Waals surface area contributed by atoms with Crippen LogP contribution in [-0.4, -0.2) is 58.9 Å². The first-order valence-corrected chi connectivity index (χ1v) is 12.8. The number of benzene rings is 2. The molecular formula is C22H23F3N4O3S2. The highest BCUT2D eigenvalue weighted by Crippen LogP contribution is 2.37. The number of hydrogen-bond acceptors (Lipinski definition) is 6. The molecule has 1 aromatic heterocycles. The van der Waals surface area contributed by atoms with Gasteiger partial charge in [0, 0.05) is 38.1 Å². The van der Waals surface area contributed by atoms with Crippen molar-refractivity contribution in [1.82, 2.24) is 18.8 Å². The van der Waals surface area contributed by atoms with Crippen LogP contribution in [0.4, 0.5) is 13.2 Å². The Labute approximate surface area is 199 Å². The summed E-state index contributed by atoms with van der Waals surface area (Å²) in [5.41, 5.74) is -3.96. The molecule has 1 aliphatic heterocycles. The molecule has 1 atom stereocenters. The minimum atomic E-state index is -4.43. The smallest absolute Gasteiger partial charge is 0.298 e. The van der Waals surface area contributed by atoms with Crippen molar-refractivity contribution in [2.24, 2.45) is 7.05 Å². The van der Waals surface area contributed by atoms with E-state index in [2.05, 4.69) is 9.88 Å². The molecular weight excluding hydrogens is 489 g/mol. The van der Waals surface area contributed by atoms with E-state index in [4.69, 9.17) is 0 Å². The second kappa shape index (κ2) is 9.33. The number of hydrogen-bond donors (Lipinski definition) is 0. The number of rotatable bonds is 5. The minimum Gasteiger partial charge on any atom is -0.298 e. The first-order chi connectivity index (χ1) is 16.0. The summed E-state index contributed by atoms with van der Waals surface area (Å²) in [7, 11) is -2.16. The molecule has 1 fully saturated rings. The van der Waals surface area contributed by atoms with E-state index in [0.29, 0.717) is 29.8 Å². The lowest BCUT2D eigenvalue weighted by molar-refractivity contribution is -0.0328. The molecule has 0 spiro atoms. The summed E-state index contributed by atoms with van der Waals surface area (Å²) in [5.74, 6) is 0.595. The number of aromatic nitrogens is 2. The molecule has 12 heteroatoms. The van der Waals surface area contributed by atoms with Crippen molar-refractivity contribution in [2.75, 3.05) is 26.2 Å². The third kappa shape index (κ3) is 4.99. The van der Waals surface area contributed by atoms with Crippen LogP contribution in [0, 0.1) is 0 Å². The molecule has 0 bridgehead atoms. The predicted molar refractivity (Wildman–Crippen MR) is 124 cm³/mol. The lowest BCUT2D eigenvalue weighted by Crippen LogP contribution is -2.49. The van der Waals surface area contributed by atoms with E-state index in [1.54, 1.807) is 25.2 Å². The second-order valence-electron chi connectivity index (χ2n) is 7.99. The summed E-state index contributed by atoms with van der Waals surface area (Å²) in [6.07, 6.45) is 0. The summed E-state index contributed by atoms with van der Waals surface area (Å²) in [6.45, 7) is 3.20. The number of thioether (sulfide) groups is 1. The maximum atomic E-state index is 13.0. The number of halogens is 3. The number of nitrogens with zero attached hydrogens (tertiary/aromatic N) is 4. The Morgan fingerprint density at radius 3 is 2.24 bits per heavy atom. The van der Waals surface area contributed by atoms with Crippen LogP contribution in [-0.2, 0) is 17.1 Å². The zero-order chi connectivity index (χ0) is 24.7. The van der Waals surface area contributed by atoms with Crippen LogP contribution in [0.2, 0.25) is 0 Å². The van der Waals surface area contributed by atoms with Gasteiger partial charge in [-0.3, -0.25) is 14.3 Å². The largest absolute Gasteiger partial charge is 0.446 e. The number of sulfonamides is 1. The molecule has 34 heavy (non-hydrogen) atoms. The Bertz CT molecular complexity index is 1350. The van der Waals surface area contributed by atoms with Crippen LogP contribution in [0.15, 0.2) is 63.1 Å². The quantitative estimate of drug-likeness (QED) is 0.487. The van der Waals surface area contributed by atoms with Gasteiger partial charge in [-0.25, -0.2) is 13.4 Å². The van der Waals surface area contributed by atoms with Crippen LogP contribution in [0.1, 0.15) is 18.8 Å². The van der Waals surface area contributed by atoms with E-state index in [-0.39, 0.29) is 46.2 Å². The zero-order valence-corrected chi connectivity index (χ0v) is 20.1. The van der Waals surface area contributed by atoms with Gasteiger partial charge < -0.3 is 0 Å². The number of alkyl halides is 3. The van der Waals surface area contributed by atoms with Gasteiger partial charge in [0.1, 0.15) is 5.82 Å². The van der Waals surface area contributed by atoms with E-state index in [1.165, 1.54) is 21.0 Å². The lowest BCUT2D eigenvalue weighted by Gasteiger charge is -2.37. The summed E-state index contributed by atoms with van der Waals surface area (Å²) in [4.78, 5) is 19.3. The van der Waals surface area contributed by atoms with Crippen molar-refractivity contribution in [2.45, 2.75) is 28.3 Å². The van der Waals surface area contributed by atoms with Crippen LogP contribution in [0.3, 0.4) is 0 Å². The Morgan fingerprint density at radius 1 is 1.00 bits per heavy atom. The van der Waals surface area contributed by atoms with Crippen molar-refractivity contribution in [1.29, 1.82) is 0 Å². The van der Waals surface area contributed by atoms with Crippen LogP contribution in [0.25, 0.3) is 10.9 Å². The van der Waals surface area contributed by atoms with E-state index in [9.17, 15) is 26.4 Å². The second-order valence-corrected chi connectivity index (χ2v) is 11.1. The molecule has 1 saturated heterocycles. The topological polar surface area (TPSA) is 75.5 Å². The number of piperazine rings is 1. The van der Waals surface area contributed by atoms with Gasteiger partial charge in [0.2, 0.25) is 10.0 Å². The molecule has 2 aromatic carbocycles. The molecule has 0 N–H and O–H groups in total. The third-order valence-electron chi connectivity index (χ3n) is 5.91. The van der Waals surface area contributed by atoms with Crippen LogP contribution < -0.4 is 5.56 Å². The van der Waals surface area contributed by atoms with Crippen molar-refractivity contribution < 1.29 is 21.6 Å². The fraction of sp³-hybridized carbons (Fsp3) is 0.364. The zero-order valence-electron chi connectivity index (χ0n) is 18.5. The van der Waals surface area contributed by atoms with Gasteiger partial charge in [0.15, 0.2) is 0 Å². The summed E-state index contributed by atoms with van der Waals surface area (Å²) < 4.78 is 66.4. The fourth-order valence-corrected chi connectivity index (χ4v) is 6.03. The van der Waals surface area contributed by atoms with Crippen molar-refractivity contribution in [3.05, 3.63) is 64.7 Å². The highest BCUT2D eigenvalue weighted by molar-refractivity contribution is 8.00. The molecule has 0 amide bonds. The molecule has 4 rings (SSSR count). The first-order valence-electron chi connectivity index (χ1n) is 10.5. The first kappa shape index (κ1) is 24.7. The van der Waals surface area contributed by atoms with E-state index >= 15 is 0 Å². The Balaban J connectivity index is 1.47. The monoisotopic (exact) mass is 512 g/mol. The standard InChI is InChI=1S/C22H23F3N4O3S2/c1-15(20-26-19-6-4-3-5-18(19)21(30)27(20)2)28-11-13-29(14-12-28)34(31,32)17-9-7-16(8-10-17)33-22(23,24)25/h3-10,15H,11-14H2,1-2H3. The van der Waals surface area contributed by atoms with Gasteiger partial charge in [-0.05, 0) is 55.1 Å². The third-order valence-corrected chi connectivity index (χ3v) is 8.56. The van der Waals surface area contributed by atoms with Crippen molar-refractivity contribution >= 4 is 32.7 Å². The van der Waals surface area contributed by atoms with Gasteiger partial charge in [-0.2, -0.15) is 17.5 Å². The van der Waals surface area contributed by atoms with Crippen LogP contribution in [0.5, 0.6) is 0 Å². The predicted octanol–water partition coefficient (Wildman–Crippen LogP) is 3.61. The molecule has 7 nitrogen and oxygen atoms in total. The Kier molecular flexibility index (Phi) is 6.78. The molecule has 1 aliphatic rings. The summed E-state index contributed by atoms with van der Waals surface area (Å²) >= 11 is -0.286. The molecule has 1 unspecified atom stereocenters. The maximum absolute atomic E-state index is 13.0. The Hall–Kier alpha value is -2.41. The SMILES string of the molecule is CC(c1nc2ccccc2c(=O)n1C)N1CCN(S(=O)(=O)c2ccc(SC(F)(F)F)cc2)CC1. The molecule has 0 radical (unpaired) electrons. The normalized spacial score (nSPS) is 17.2. The highest BCUT2D eigenvalue weighted by atomic mass is 32.2. The van der Waals surface area contributed by atoms with Gasteiger partial charge in [-0.15, -0.1) is 0 Å². The number of para-hydroxylation sites is 1. The molecule has 0 aliphatic carbocycles. The lowest BCUT2D eigenvalue weighted by atomic mass is 10.2. The van der Waals surface area contributed by atoms with Gasteiger partial charge in [0.05, 0.1) is 21.8 Å². The van der Waals surface area contributed by atoms with Gasteiger partial charge in [-0.1, -0.05) is 12.1 Å². The van der Waals surface area contributed by atoms with Crippen molar-refractivity contribution in [3.8, 4) is 0 Å². The van der Waals surface area contributed by atoms with E-state index < -0.39 is 15.5 Å². The fourth-order valence-electron chi connectivity index (χ4n) is 4.07. The van der Waals surface area contributed by atoms with E-state index in [0.717, 1.165) is 12.1 Å². The Morgan fingerprint density at radius 2 is 1.62 bits per heavy atom. The average Bonchev–Trinajstić information content (AvgIpc) is 2.80. The summed E-state index contributed by atoms with van der Waals surface area (Å²) in [6, 6.07) is 11.6. The van der Waals surface area contributed by atoms with E-state index in [1.807, 2.05) is 13.0 Å². The van der Waals surface area contributed by atoms with Gasteiger partial charge in [0.25, 0.3) is 5.56 Å². The molecule has 2 heterocycles. The maximum Gasteiger partial charge on any atom is 0.446 e. The van der Waals surface area contributed by atoms with Crippen LogP contribution >= 0.6 is 11.8 Å².